The molecule has 0 atom stereocenters. The van der Waals surface area contributed by atoms with Gasteiger partial charge in [-0.1, -0.05) is 0 Å². The summed E-state index contributed by atoms with van der Waals surface area (Å²) in [5, 5.41) is 3.59. The fraction of sp³-hybridized carbons (Fsp3) is 0.688. The first-order chi connectivity index (χ1) is 10.0. The molecular weight excluding hydrogens is 328 g/mol. The number of halogens is 1. The van der Waals surface area contributed by atoms with E-state index in [2.05, 4.69) is 62.1 Å². The van der Waals surface area contributed by atoms with Gasteiger partial charge in [0.1, 0.15) is 0 Å². The maximum atomic E-state index is 4.44. The molecule has 0 amide bonds. The highest BCUT2D eigenvalue weighted by Gasteiger charge is 2.53. The molecule has 2 aliphatic carbocycles. The molecule has 2 aliphatic rings. The molecule has 2 fully saturated rings. The van der Waals surface area contributed by atoms with Crippen molar-refractivity contribution >= 4 is 21.9 Å². The van der Waals surface area contributed by atoms with Crippen LogP contribution in [0, 0.1) is 11.3 Å². The Morgan fingerprint density at radius 3 is 2.71 bits per heavy atom. The minimum atomic E-state index is 0.602. The van der Waals surface area contributed by atoms with E-state index in [1.807, 2.05) is 7.05 Å². The van der Waals surface area contributed by atoms with Gasteiger partial charge in [0.15, 0.2) is 5.96 Å². The van der Waals surface area contributed by atoms with E-state index in [1.165, 1.54) is 31.4 Å². The molecular formula is C16H25BrN4. The number of guanidine groups is 1. The van der Waals surface area contributed by atoms with Crippen molar-refractivity contribution in [3.05, 3.63) is 22.4 Å². The van der Waals surface area contributed by atoms with Gasteiger partial charge in [-0.15, -0.1) is 0 Å². The Morgan fingerprint density at radius 2 is 2.24 bits per heavy atom. The van der Waals surface area contributed by atoms with Crippen LogP contribution in [0.2, 0.25) is 0 Å². The van der Waals surface area contributed by atoms with Crippen molar-refractivity contribution in [3.63, 3.8) is 0 Å². The first-order valence-corrected chi connectivity index (χ1v) is 8.56. The fourth-order valence-electron chi connectivity index (χ4n) is 3.27. The molecule has 1 aromatic heterocycles. The summed E-state index contributed by atoms with van der Waals surface area (Å²) in [4.78, 5) is 6.64. The van der Waals surface area contributed by atoms with E-state index < -0.39 is 0 Å². The zero-order valence-electron chi connectivity index (χ0n) is 13.2. The van der Waals surface area contributed by atoms with Crippen LogP contribution in [0.1, 0.15) is 31.4 Å². The normalized spacial score (nSPS) is 20.5. The Bertz CT molecular complexity index is 540. The van der Waals surface area contributed by atoms with Gasteiger partial charge in [0, 0.05) is 44.1 Å². The third-order valence-corrected chi connectivity index (χ3v) is 5.41. The SMILES string of the molecule is CN=C(NCC1(C2CC2)CC1)N(C)Cc1cc(Br)cn1C. The Kier molecular flexibility index (Phi) is 4.04. The number of aryl methyl sites for hydroxylation is 1. The molecule has 0 radical (unpaired) electrons. The van der Waals surface area contributed by atoms with Gasteiger partial charge in [-0.2, -0.15) is 0 Å². The predicted molar refractivity (Wildman–Crippen MR) is 90.3 cm³/mol. The summed E-state index contributed by atoms with van der Waals surface area (Å²) >= 11 is 3.53. The smallest absolute Gasteiger partial charge is 0.193 e. The second-order valence-electron chi connectivity index (χ2n) is 6.65. The fourth-order valence-corrected chi connectivity index (χ4v) is 3.84. The number of nitrogens with zero attached hydrogens (tertiary/aromatic N) is 3. The van der Waals surface area contributed by atoms with Crippen LogP contribution in [-0.4, -0.2) is 36.1 Å². The van der Waals surface area contributed by atoms with Crippen LogP contribution in [0.15, 0.2) is 21.7 Å². The number of hydrogen-bond donors (Lipinski definition) is 1. The molecule has 1 heterocycles. The van der Waals surface area contributed by atoms with E-state index in [4.69, 9.17) is 0 Å². The maximum Gasteiger partial charge on any atom is 0.193 e. The Labute approximate surface area is 135 Å². The maximum absolute atomic E-state index is 4.44. The molecule has 1 N–H and O–H groups in total. The topological polar surface area (TPSA) is 32.6 Å². The second kappa shape index (κ2) is 5.67. The van der Waals surface area contributed by atoms with Crippen molar-refractivity contribution in [1.29, 1.82) is 0 Å². The van der Waals surface area contributed by atoms with Gasteiger partial charge in [-0.05, 0) is 59.0 Å². The third-order valence-electron chi connectivity index (χ3n) is 4.98. The van der Waals surface area contributed by atoms with Gasteiger partial charge in [0.05, 0.1) is 6.54 Å². The lowest BCUT2D eigenvalue weighted by molar-refractivity contribution is 0.406. The average Bonchev–Trinajstić information content (AvgIpc) is 3.32. The van der Waals surface area contributed by atoms with Gasteiger partial charge in [0.2, 0.25) is 0 Å². The van der Waals surface area contributed by atoms with Crippen molar-refractivity contribution in [2.45, 2.75) is 32.2 Å². The summed E-state index contributed by atoms with van der Waals surface area (Å²) in [6.07, 6.45) is 7.76. The summed E-state index contributed by atoms with van der Waals surface area (Å²) < 4.78 is 3.28. The van der Waals surface area contributed by atoms with Crippen LogP contribution in [0.5, 0.6) is 0 Å². The summed E-state index contributed by atoms with van der Waals surface area (Å²) in [5.41, 5.74) is 1.88. The molecule has 0 aromatic carbocycles. The second-order valence-corrected chi connectivity index (χ2v) is 7.57. The van der Waals surface area contributed by atoms with Crippen LogP contribution in [0.25, 0.3) is 0 Å². The highest BCUT2D eigenvalue weighted by molar-refractivity contribution is 9.10. The van der Waals surface area contributed by atoms with Crippen molar-refractivity contribution in [2.75, 3.05) is 20.6 Å². The van der Waals surface area contributed by atoms with Crippen LogP contribution in [0.3, 0.4) is 0 Å². The molecule has 0 bridgehead atoms. The molecule has 3 rings (SSSR count). The lowest BCUT2D eigenvalue weighted by atomic mass is 10.0. The minimum Gasteiger partial charge on any atom is -0.356 e. The van der Waals surface area contributed by atoms with Crippen LogP contribution in [-0.2, 0) is 13.6 Å². The minimum absolute atomic E-state index is 0.602. The van der Waals surface area contributed by atoms with Gasteiger partial charge >= 0.3 is 0 Å². The summed E-state index contributed by atoms with van der Waals surface area (Å²) in [6, 6.07) is 2.16. The van der Waals surface area contributed by atoms with Gasteiger partial charge in [-0.3, -0.25) is 4.99 Å². The zero-order chi connectivity index (χ0) is 15.0. The van der Waals surface area contributed by atoms with Gasteiger partial charge < -0.3 is 14.8 Å². The molecule has 21 heavy (non-hydrogen) atoms. The van der Waals surface area contributed by atoms with Crippen LogP contribution in [0.4, 0.5) is 0 Å². The Morgan fingerprint density at radius 1 is 1.52 bits per heavy atom. The molecule has 0 spiro atoms. The zero-order valence-corrected chi connectivity index (χ0v) is 14.8. The van der Waals surface area contributed by atoms with Crippen molar-refractivity contribution in [2.24, 2.45) is 23.4 Å². The number of hydrogen-bond acceptors (Lipinski definition) is 1. The molecule has 4 nitrogen and oxygen atoms in total. The number of aliphatic imine (C=N–C) groups is 1. The molecule has 2 saturated carbocycles. The van der Waals surface area contributed by atoms with Crippen molar-refractivity contribution in [3.8, 4) is 0 Å². The highest BCUT2D eigenvalue weighted by Crippen LogP contribution is 2.60. The Balaban J connectivity index is 1.56. The average molecular weight is 353 g/mol. The van der Waals surface area contributed by atoms with E-state index in [9.17, 15) is 0 Å². The largest absolute Gasteiger partial charge is 0.356 e. The summed E-state index contributed by atoms with van der Waals surface area (Å²) in [5.74, 6) is 1.98. The predicted octanol–water partition coefficient (Wildman–Crippen LogP) is 2.99. The Hall–Kier alpha value is -0.970. The molecule has 5 heteroatoms. The quantitative estimate of drug-likeness (QED) is 0.652. The van der Waals surface area contributed by atoms with Crippen LogP contribution >= 0.6 is 15.9 Å². The number of nitrogens with one attached hydrogen (secondary N) is 1. The lowest BCUT2D eigenvalue weighted by Crippen LogP contribution is -2.41. The van der Waals surface area contributed by atoms with Crippen molar-refractivity contribution in [1.82, 2.24) is 14.8 Å². The number of rotatable bonds is 5. The van der Waals surface area contributed by atoms with Gasteiger partial charge in [-0.25, -0.2) is 0 Å². The third kappa shape index (κ3) is 3.28. The standard InChI is InChI=1S/C16H25BrN4/c1-18-15(19-11-16(6-7-16)12-4-5-12)21(3)10-14-8-13(17)9-20(14)2/h8-9,12H,4-7,10-11H2,1-3H3,(H,18,19). The summed E-state index contributed by atoms with van der Waals surface area (Å²) in [6.45, 7) is 1.95. The molecule has 0 unspecified atom stereocenters. The van der Waals surface area contributed by atoms with Gasteiger partial charge in [0.25, 0.3) is 0 Å². The molecule has 116 valence electrons. The van der Waals surface area contributed by atoms with E-state index in [1.54, 1.807) is 0 Å². The van der Waals surface area contributed by atoms with Crippen LogP contribution < -0.4 is 5.32 Å². The van der Waals surface area contributed by atoms with E-state index in [-0.39, 0.29) is 0 Å². The molecule has 0 saturated heterocycles. The number of aromatic nitrogens is 1. The van der Waals surface area contributed by atoms with Crippen molar-refractivity contribution < 1.29 is 0 Å². The molecule has 1 aromatic rings. The first kappa shape index (κ1) is 14.9. The molecule has 0 aliphatic heterocycles. The van der Waals surface area contributed by atoms with E-state index >= 15 is 0 Å². The highest BCUT2D eigenvalue weighted by atomic mass is 79.9. The van der Waals surface area contributed by atoms with E-state index in [0.29, 0.717) is 5.41 Å². The lowest BCUT2D eigenvalue weighted by Gasteiger charge is -2.24. The summed E-state index contributed by atoms with van der Waals surface area (Å²) in [7, 11) is 6.06. The van der Waals surface area contributed by atoms with E-state index in [0.717, 1.165) is 29.4 Å². The monoisotopic (exact) mass is 352 g/mol. The first-order valence-electron chi connectivity index (χ1n) is 7.76.